The zero-order chi connectivity index (χ0) is 25.0. The number of rotatable bonds is 3. The van der Waals surface area contributed by atoms with Gasteiger partial charge in [-0.25, -0.2) is 0 Å². The van der Waals surface area contributed by atoms with Crippen molar-refractivity contribution in [2.45, 2.75) is 57.5 Å². The minimum absolute atomic E-state index is 0.265. The van der Waals surface area contributed by atoms with Crippen LogP contribution in [0.1, 0.15) is 60.9 Å². The fourth-order valence-corrected chi connectivity index (χ4v) is 6.42. The number of fused-ring (bicyclic) bond motifs is 1. The number of piperidine rings is 1. The molecule has 2 aromatic rings. The highest BCUT2D eigenvalue weighted by molar-refractivity contribution is 5.82. The smallest absolute Gasteiger partial charge is 0.228 e. The van der Waals surface area contributed by atoms with E-state index in [1.165, 1.54) is 17.7 Å². The van der Waals surface area contributed by atoms with Crippen molar-refractivity contribution in [3.63, 3.8) is 0 Å². The van der Waals surface area contributed by atoms with Crippen LogP contribution in [0.4, 0.5) is 5.69 Å². The van der Waals surface area contributed by atoms with Crippen molar-refractivity contribution in [1.82, 2.24) is 9.80 Å². The van der Waals surface area contributed by atoms with Gasteiger partial charge in [-0.2, -0.15) is 0 Å². The fourth-order valence-electron chi connectivity index (χ4n) is 6.42. The molecule has 2 saturated heterocycles. The number of nitrogens with zero attached hydrogens (tertiary/aromatic N) is 3. The third kappa shape index (κ3) is 5.15. The van der Waals surface area contributed by atoms with Crippen LogP contribution >= 0.6 is 0 Å². The van der Waals surface area contributed by atoms with Crippen molar-refractivity contribution < 1.29 is 14.3 Å². The monoisotopic (exact) mass is 489 g/mol. The van der Waals surface area contributed by atoms with Gasteiger partial charge in [-0.1, -0.05) is 24.6 Å². The molecule has 2 aromatic carbocycles. The number of anilines is 1. The molecule has 5 rings (SSSR count). The van der Waals surface area contributed by atoms with Crippen LogP contribution in [0.3, 0.4) is 0 Å². The molecule has 0 aromatic heterocycles. The van der Waals surface area contributed by atoms with Gasteiger partial charge in [0.05, 0.1) is 18.1 Å². The number of carbonyl (C=O) groups excluding carboxylic acids is 2. The van der Waals surface area contributed by atoms with Gasteiger partial charge in [0, 0.05) is 37.9 Å². The molecule has 3 aliphatic rings. The molecule has 0 N–H and O–H groups in total. The van der Waals surface area contributed by atoms with Gasteiger partial charge in [-0.3, -0.25) is 14.5 Å². The van der Waals surface area contributed by atoms with Crippen molar-refractivity contribution in [2.75, 3.05) is 44.7 Å². The standard InChI is InChI=1S/C30H39N3O3/c1-31-21-22-36-27-9-3-2-7-25(27)8-4-5-15-30(29(31)35)16-19-32(20-17-30)28-10-6-18-33(28)26-13-11-24(23-34)12-14-26/h2-3,7,9,11-14,23,28H,4-6,8,10,15-22H2,1H3. The van der Waals surface area contributed by atoms with E-state index in [1.807, 2.05) is 36.2 Å². The van der Waals surface area contributed by atoms with Gasteiger partial charge >= 0.3 is 0 Å². The second-order valence-electron chi connectivity index (χ2n) is 10.7. The summed E-state index contributed by atoms with van der Waals surface area (Å²) in [6.07, 6.45) is 9.53. The highest BCUT2D eigenvalue weighted by Gasteiger charge is 2.44. The lowest BCUT2D eigenvalue weighted by Crippen LogP contribution is -2.54. The second kappa shape index (κ2) is 11.0. The van der Waals surface area contributed by atoms with E-state index in [4.69, 9.17) is 4.74 Å². The molecule has 36 heavy (non-hydrogen) atoms. The van der Waals surface area contributed by atoms with Crippen LogP contribution in [0, 0.1) is 5.41 Å². The van der Waals surface area contributed by atoms with Crippen LogP contribution in [-0.4, -0.2) is 68.0 Å². The van der Waals surface area contributed by atoms with Crippen LogP contribution in [-0.2, 0) is 11.2 Å². The highest BCUT2D eigenvalue weighted by atomic mass is 16.5. The number of amides is 1. The molecule has 1 atom stereocenters. The zero-order valence-corrected chi connectivity index (χ0v) is 21.5. The molecular formula is C30H39N3O3. The Hall–Kier alpha value is -2.86. The van der Waals surface area contributed by atoms with E-state index in [0.717, 1.165) is 76.6 Å². The molecule has 3 aliphatic heterocycles. The lowest BCUT2D eigenvalue weighted by atomic mass is 9.73. The molecule has 6 nitrogen and oxygen atoms in total. The van der Waals surface area contributed by atoms with Gasteiger partial charge in [0.2, 0.25) is 5.91 Å². The lowest BCUT2D eigenvalue weighted by molar-refractivity contribution is -0.145. The maximum Gasteiger partial charge on any atom is 0.228 e. The Bertz CT molecular complexity index is 1050. The predicted octanol–water partition coefficient (Wildman–Crippen LogP) is 4.77. The minimum atomic E-state index is -0.265. The molecule has 192 valence electrons. The highest BCUT2D eigenvalue weighted by Crippen LogP contribution is 2.41. The summed E-state index contributed by atoms with van der Waals surface area (Å²) in [5.74, 6) is 1.26. The number of likely N-dealkylation sites (tertiary alicyclic amines) is 1. The molecule has 1 amide bonds. The zero-order valence-electron chi connectivity index (χ0n) is 21.5. The molecule has 0 aliphatic carbocycles. The fraction of sp³-hybridized carbons (Fsp3) is 0.533. The Morgan fingerprint density at radius 2 is 1.69 bits per heavy atom. The first-order chi connectivity index (χ1) is 17.6. The Kier molecular flexibility index (Phi) is 7.61. The summed E-state index contributed by atoms with van der Waals surface area (Å²) >= 11 is 0. The molecule has 3 heterocycles. The van der Waals surface area contributed by atoms with Gasteiger partial charge in [-0.05, 0) is 80.8 Å². The van der Waals surface area contributed by atoms with Gasteiger partial charge in [0.25, 0.3) is 0 Å². The Morgan fingerprint density at radius 3 is 2.47 bits per heavy atom. The second-order valence-corrected chi connectivity index (χ2v) is 10.7. The Balaban J connectivity index is 1.26. The number of benzene rings is 2. The van der Waals surface area contributed by atoms with Crippen LogP contribution < -0.4 is 9.64 Å². The molecule has 2 fully saturated rings. The average Bonchev–Trinajstić information content (AvgIpc) is 3.41. The van der Waals surface area contributed by atoms with Crippen LogP contribution in [0.25, 0.3) is 0 Å². The first-order valence-electron chi connectivity index (χ1n) is 13.6. The number of hydrogen-bond acceptors (Lipinski definition) is 5. The van der Waals surface area contributed by atoms with E-state index in [-0.39, 0.29) is 5.41 Å². The van der Waals surface area contributed by atoms with Gasteiger partial charge in [0.15, 0.2) is 0 Å². The molecule has 1 spiro atoms. The van der Waals surface area contributed by atoms with Crippen LogP contribution in [0.2, 0.25) is 0 Å². The van der Waals surface area contributed by atoms with Crippen molar-refractivity contribution in [2.24, 2.45) is 5.41 Å². The molecular weight excluding hydrogens is 450 g/mol. The van der Waals surface area contributed by atoms with E-state index >= 15 is 0 Å². The van der Waals surface area contributed by atoms with Gasteiger partial charge < -0.3 is 14.5 Å². The number of para-hydroxylation sites is 1. The number of aldehydes is 1. The summed E-state index contributed by atoms with van der Waals surface area (Å²) in [7, 11) is 1.94. The number of ether oxygens (including phenoxy) is 1. The Labute approximate surface area is 215 Å². The largest absolute Gasteiger partial charge is 0.491 e. The average molecular weight is 490 g/mol. The summed E-state index contributed by atoms with van der Waals surface area (Å²) in [4.78, 5) is 31.8. The van der Waals surface area contributed by atoms with Crippen molar-refractivity contribution in [1.29, 1.82) is 0 Å². The Morgan fingerprint density at radius 1 is 0.917 bits per heavy atom. The van der Waals surface area contributed by atoms with E-state index in [2.05, 4.69) is 34.1 Å². The van der Waals surface area contributed by atoms with Gasteiger partial charge in [-0.15, -0.1) is 0 Å². The van der Waals surface area contributed by atoms with Crippen molar-refractivity contribution >= 4 is 17.9 Å². The maximum atomic E-state index is 13.8. The number of hydrogen-bond donors (Lipinski definition) is 0. The summed E-state index contributed by atoms with van der Waals surface area (Å²) in [5.41, 5.74) is 2.91. The summed E-state index contributed by atoms with van der Waals surface area (Å²) in [6, 6.07) is 16.3. The van der Waals surface area contributed by atoms with Crippen molar-refractivity contribution in [3.05, 3.63) is 59.7 Å². The van der Waals surface area contributed by atoms with Crippen LogP contribution in [0.15, 0.2) is 48.5 Å². The first kappa shape index (κ1) is 24.8. The third-order valence-electron chi connectivity index (χ3n) is 8.57. The normalized spacial score (nSPS) is 23.5. The quantitative estimate of drug-likeness (QED) is 0.582. The van der Waals surface area contributed by atoms with E-state index < -0.39 is 0 Å². The summed E-state index contributed by atoms with van der Waals surface area (Å²) < 4.78 is 6.08. The van der Waals surface area contributed by atoms with Crippen LogP contribution in [0.5, 0.6) is 5.75 Å². The predicted molar refractivity (Wildman–Crippen MR) is 143 cm³/mol. The maximum absolute atomic E-state index is 13.8. The molecule has 6 heteroatoms. The molecule has 0 bridgehead atoms. The minimum Gasteiger partial charge on any atom is -0.491 e. The number of aryl methyl sites for hydroxylation is 1. The summed E-state index contributed by atoms with van der Waals surface area (Å²) in [5, 5.41) is 0. The van der Waals surface area contributed by atoms with E-state index in [1.54, 1.807) is 0 Å². The first-order valence-corrected chi connectivity index (χ1v) is 13.6. The number of likely N-dealkylation sites (N-methyl/N-ethyl adjacent to an activating group) is 1. The SMILES string of the molecule is CN1CCOc2ccccc2CCCCC2(CCN(C3CCCN3c3ccc(C=O)cc3)CC2)C1=O. The van der Waals surface area contributed by atoms with E-state index in [0.29, 0.717) is 30.8 Å². The molecule has 1 unspecified atom stereocenters. The number of carbonyl (C=O) groups is 2. The molecule has 0 radical (unpaired) electrons. The molecule has 0 saturated carbocycles. The van der Waals surface area contributed by atoms with Crippen molar-refractivity contribution in [3.8, 4) is 5.75 Å². The summed E-state index contributed by atoms with van der Waals surface area (Å²) in [6.45, 7) is 4.09. The van der Waals surface area contributed by atoms with E-state index in [9.17, 15) is 9.59 Å². The lowest BCUT2D eigenvalue weighted by Gasteiger charge is -2.46. The topological polar surface area (TPSA) is 53.1 Å². The van der Waals surface area contributed by atoms with Gasteiger partial charge in [0.1, 0.15) is 18.6 Å². The third-order valence-corrected chi connectivity index (χ3v) is 8.57.